The number of carbonyl (C=O) groups excluding carboxylic acids is 1. The minimum Gasteiger partial charge on any atom is -0.497 e. The third kappa shape index (κ3) is 4.67. The van der Waals surface area contributed by atoms with Crippen LogP contribution in [0.1, 0.15) is 30.0 Å². The van der Waals surface area contributed by atoms with Crippen molar-refractivity contribution in [1.82, 2.24) is 9.88 Å². The average molecular weight is 404 g/mol. The summed E-state index contributed by atoms with van der Waals surface area (Å²) < 4.78 is 18.4. The van der Waals surface area contributed by atoms with Crippen LogP contribution in [0.25, 0.3) is 11.3 Å². The van der Waals surface area contributed by atoms with E-state index in [1.807, 2.05) is 47.4 Å². The van der Waals surface area contributed by atoms with Crippen LogP contribution in [-0.2, 0) is 11.2 Å². The Kier molecular flexibility index (Phi) is 6.07. The summed E-state index contributed by atoms with van der Waals surface area (Å²) in [5.74, 6) is 0.878. The molecule has 0 bridgehead atoms. The largest absolute Gasteiger partial charge is 0.497 e. The van der Waals surface area contributed by atoms with Gasteiger partial charge in [0.1, 0.15) is 11.6 Å². The van der Waals surface area contributed by atoms with E-state index in [4.69, 9.17) is 9.72 Å². The van der Waals surface area contributed by atoms with E-state index in [1.165, 1.54) is 12.1 Å². The Morgan fingerprint density at radius 1 is 1.10 bits per heavy atom. The first-order valence-corrected chi connectivity index (χ1v) is 10.3. The number of amides is 1. The minimum absolute atomic E-state index is 0.138. The van der Waals surface area contributed by atoms with Crippen molar-refractivity contribution in [1.29, 1.82) is 0 Å². The maximum atomic E-state index is 13.2. The smallest absolute Gasteiger partial charge is 0.227 e. The molecule has 0 saturated carbocycles. The molecule has 154 valence electrons. The van der Waals surface area contributed by atoms with Crippen molar-refractivity contribution in [2.75, 3.05) is 20.2 Å². The molecule has 0 aliphatic carbocycles. The van der Waals surface area contributed by atoms with Crippen LogP contribution in [0.15, 0.2) is 66.7 Å². The molecule has 0 N–H and O–H groups in total. The number of hydrogen-bond donors (Lipinski definition) is 0. The highest BCUT2D eigenvalue weighted by atomic mass is 19.1. The Morgan fingerprint density at radius 2 is 1.87 bits per heavy atom. The second kappa shape index (κ2) is 9.08. The number of likely N-dealkylation sites (tertiary alicyclic amines) is 1. The van der Waals surface area contributed by atoms with E-state index >= 15 is 0 Å². The summed E-state index contributed by atoms with van der Waals surface area (Å²) in [6, 6.07) is 20.0. The Labute approximate surface area is 176 Å². The highest BCUT2D eigenvalue weighted by Gasteiger charge is 2.25. The lowest BCUT2D eigenvalue weighted by Crippen LogP contribution is -2.40. The van der Waals surface area contributed by atoms with Gasteiger partial charge in [0.2, 0.25) is 5.91 Å². The van der Waals surface area contributed by atoms with E-state index in [0.29, 0.717) is 13.0 Å². The number of hydrogen-bond acceptors (Lipinski definition) is 3. The molecule has 1 aromatic heterocycles. The number of benzene rings is 2. The van der Waals surface area contributed by atoms with Crippen LogP contribution in [0.2, 0.25) is 0 Å². The molecule has 1 fully saturated rings. The van der Waals surface area contributed by atoms with Gasteiger partial charge < -0.3 is 9.64 Å². The van der Waals surface area contributed by atoms with E-state index in [9.17, 15) is 9.18 Å². The van der Waals surface area contributed by atoms with Gasteiger partial charge in [0, 0.05) is 30.3 Å². The molecule has 1 amide bonds. The van der Waals surface area contributed by atoms with Crippen LogP contribution in [0.3, 0.4) is 0 Å². The van der Waals surface area contributed by atoms with Gasteiger partial charge in [-0.05, 0) is 66.9 Å². The van der Waals surface area contributed by atoms with Gasteiger partial charge >= 0.3 is 0 Å². The van der Waals surface area contributed by atoms with Crippen molar-refractivity contribution in [2.24, 2.45) is 0 Å². The molecule has 2 heterocycles. The number of ether oxygens (including phenoxy) is 1. The molecule has 0 radical (unpaired) electrons. The maximum absolute atomic E-state index is 13.2. The molecule has 0 spiro atoms. The minimum atomic E-state index is -0.256. The van der Waals surface area contributed by atoms with Crippen LogP contribution in [0.4, 0.5) is 4.39 Å². The lowest BCUT2D eigenvalue weighted by molar-refractivity contribution is -0.131. The summed E-state index contributed by atoms with van der Waals surface area (Å²) in [6.07, 6.45) is 2.35. The fraction of sp³-hybridized carbons (Fsp3) is 0.280. The molecule has 4 rings (SSSR count). The van der Waals surface area contributed by atoms with E-state index in [0.717, 1.165) is 47.7 Å². The summed E-state index contributed by atoms with van der Waals surface area (Å²) in [5.41, 5.74) is 3.69. The molecule has 3 aromatic rings. The van der Waals surface area contributed by atoms with E-state index in [1.54, 1.807) is 19.2 Å². The normalized spacial score (nSPS) is 16.3. The van der Waals surface area contributed by atoms with E-state index in [2.05, 4.69) is 0 Å². The molecule has 1 aliphatic heterocycles. The average Bonchev–Trinajstić information content (AvgIpc) is 2.80. The van der Waals surface area contributed by atoms with Gasteiger partial charge in [-0.25, -0.2) is 4.39 Å². The van der Waals surface area contributed by atoms with Crippen molar-refractivity contribution < 1.29 is 13.9 Å². The first-order chi connectivity index (χ1) is 14.6. The zero-order valence-electron chi connectivity index (χ0n) is 17.1. The Balaban J connectivity index is 1.45. The summed E-state index contributed by atoms with van der Waals surface area (Å²) in [6.45, 7) is 1.46. The van der Waals surface area contributed by atoms with Gasteiger partial charge in [0.05, 0.1) is 19.2 Å². The van der Waals surface area contributed by atoms with Crippen LogP contribution < -0.4 is 4.74 Å². The summed E-state index contributed by atoms with van der Waals surface area (Å²) in [5, 5.41) is 0. The van der Waals surface area contributed by atoms with Crippen molar-refractivity contribution in [3.8, 4) is 17.0 Å². The molecule has 5 heteroatoms. The molecule has 1 saturated heterocycles. The molecular weight excluding hydrogens is 379 g/mol. The third-order valence-corrected chi connectivity index (χ3v) is 5.62. The van der Waals surface area contributed by atoms with Crippen molar-refractivity contribution in [2.45, 2.75) is 25.2 Å². The predicted octanol–water partition coefficient (Wildman–Crippen LogP) is 4.85. The highest BCUT2D eigenvalue weighted by molar-refractivity contribution is 5.79. The fourth-order valence-corrected chi connectivity index (χ4v) is 3.94. The second-order valence-corrected chi connectivity index (χ2v) is 7.66. The van der Waals surface area contributed by atoms with Gasteiger partial charge in [-0.1, -0.05) is 18.2 Å². The molecule has 4 nitrogen and oxygen atoms in total. The first-order valence-electron chi connectivity index (χ1n) is 10.3. The van der Waals surface area contributed by atoms with Gasteiger partial charge in [-0.15, -0.1) is 0 Å². The maximum Gasteiger partial charge on any atom is 0.227 e. The molecule has 30 heavy (non-hydrogen) atoms. The number of rotatable bonds is 5. The van der Waals surface area contributed by atoms with Crippen LogP contribution in [-0.4, -0.2) is 36.0 Å². The lowest BCUT2D eigenvalue weighted by Gasteiger charge is -2.32. The standard InChI is InChI=1S/C25H25FN2O2/c1-30-22-13-7-18(8-14-22)16-25(29)28-15-3-4-20(17-28)24-6-2-5-23(27-24)19-9-11-21(26)12-10-19/h2,5-14,20H,3-4,15-17H2,1H3. The van der Waals surface area contributed by atoms with Crippen LogP contribution in [0, 0.1) is 5.82 Å². The monoisotopic (exact) mass is 404 g/mol. The molecule has 2 aromatic carbocycles. The molecule has 1 aliphatic rings. The summed E-state index contributed by atoms with van der Waals surface area (Å²) in [4.78, 5) is 19.6. The predicted molar refractivity (Wildman–Crippen MR) is 115 cm³/mol. The fourth-order valence-electron chi connectivity index (χ4n) is 3.94. The molecule has 1 atom stereocenters. The second-order valence-electron chi connectivity index (χ2n) is 7.66. The number of aromatic nitrogens is 1. The first kappa shape index (κ1) is 20.1. The number of nitrogens with zero attached hydrogens (tertiary/aromatic N) is 2. The SMILES string of the molecule is COc1ccc(CC(=O)N2CCCC(c3cccc(-c4ccc(F)cc4)n3)C2)cc1. The highest BCUT2D eigenvalue weighted by Crippen LogP contribution is 2.28. The Morgan fingerprint density at radius 3 is 2.60 bits per heavy atom. The number of halogens is 1. The number of methoxy groups -OCH3 is 1. The zero-order chi connectivity index (χ0) is 20.9. The van der Waals surface area contributed by atoms with Crippen molar-refractivity contribution in [3.63, 3.8) is 0 Å². The third-order valence-electron chi connectivity index (χ3n) is 5.62. The van der Waals surface area contributed by atoms with Crippen molar-refractivity contribution in [3.05, 3.63) is 83.8 Å². The summed E-state index contributed by atoms with van der Waals surface area (Å²) >= 11 is 0. The zero-order valence-corrected chi connectivity index (χ0v) is 17.1. The van der Waals surface area contributed by atoms with Gasteiger partial charge in [0.25, 0.3) is 0 Å². The number of carbonyl (C=O) groups is 1. The summed E-state index contributed by atoms with van der Waals surface area (Å²) in [7, 11) is 1.63. The van der Waals surface area contributed by atoms with Crippen LogP contribution in [0.5, 0.6) is 5.75 Å². The van der Waals surface area contributed by atoms with Gasteiger partial charge in [-0.2, -0.15) is 0 Å². The van der Waals surface area contributed by atoms with Gasteiger partial charge in [0.15, 0.2) is 0 Å². The Bertz CT molecular complexity index is 1000. The number of piperidine rings is 1. The Hall–Kier alpha value is -3.21. The lowest BCUT2D eigenvalue weighted by atomic mass is 9.93. The molecular formula is C25H25FN2O2. The van der Waals surface area contributed by atoms with E-state index < -0.39 is 0 Å². The molecule has 1 unspecified atom stereocenters. The topological polar surface area (TPSA) is 42.4 Å². The quantitative estimate of drug-likeness (QED) is 0.611. The van der Waals surface area contributed by atoms with Crippen LogP contribution >= 0.6 is 0 Å². The number of pyridine rings is 1. The van der Waals surface area contributed by atoms with E-state index in [-0.39, 0.29) is 17.6 Å². The van der Waals surface area contributed by atoms with Gasteiger partial charge in [-0.3, -0.25) is 9.78 Å². The van der Waals surface area contributed by atoms with Crippen molar-refractivity contribution >= 4 is 5.91 Å².